The van der Waals surface area contributed by atoms with E-state index in [4.69, 9.17) is 4.42 Å². The van der Waals surface area contributed by atoms with Crippen LogP contribution in [0.3, 0.4) is 0 Å². The Morgan fingerprint density at radius 3 is 2.71 bits per heavy atom. The summed E-state index contributed by atoms with van der Waals surface area (Å²) in [6.45, 7) is 4.10. The van der Waals surface area contributed by atoms with Crippen molar-refractivity contribution in [1.82, 2.24) is 10.2 Å². The number of amides is 1. The number of nitrogens with zero attached hydrogens (tertiary/aromatic N) is 1. The van der Waals surface area contributed by atoms with Gasteiger partial charge in [-0.1, -0.05) is 48.5 Å². The van der Waals surface area contributed by atoms with E-state index in [0.717, 1.165) is 35.1 Å². The molecule has 1 amide bonds. The van der Waals surface area contributed by atoms with Gasteiger partial charge in [0.1, 0.15) is 5.58 Å². The molecule has 5 nitrogen and oxygen atoms in total. The van der Waals surface area contributed by atoms with Gasteiger partial charge >= 0.3 is 0 Å². The average Bonchev–Trinajstić information content (AvgIpc) is 3.33. The monoisotopic (exact) mass is 378 g/mol. The maximum absolute atomic E-state index is 13.1. The Kier molecular flexibility index (Phi) is 5.46. The summed E-state index contributed by atoms with van der Waals surface area (Å²) in [5.41, 5.74) is 2.76. The molecule has 3 unspecified atom stereocenters. The summed E-state index contributed by atoms with van der Waals surface area (Å²) in [6.07, 6.45) is 2.19. The number of para-hydroxylation sites is 1. The molecule has 146 valence electrons. The maximum Gasteiger partial charge on any atom is 0.227 e. The molecule has 2 aromatic carbocycles. The largest absolute Gasteiger partial charge is 0.464 e. The molecular weight excluding hydrogens is 352 g/mol. The van der Waals surface area contributed by atoms with E-state index in [0.29, 0.717) is 13.1 Å². The van der Waals surface area contributed by atoms with Gasteiger partial charge in [-0.25, -0.2) is 0 Å². The highest BCUT2D eigenvalue weighted by atomic mass is 16.3. The highest BCUT2D eigenvalue weighted by molar-refractivity contribution is 5.90. The summed E-state index contributed by atoms with van der Waals surface area (Å²) in [5.74, 6) is -0.348. The van der Waals surface area contributed by atoms with Gasteiger partial charge in [0, 0.05) is 30.6 Å². The quantitative estimate of drug-likeness (QED) is 0.689. The van der Waals surface area contributed by atoms with Crippen molar-refractivity contribution in [3.05, 3.63) is 72.0 Å². The number of hydrogen-bond donors (Lipinski definition) is 2. The van der Waals surface area contributed by atoms with Crippen LogP contribution >= 0.6 is 0 Å². The number of benzene rings is 2. The number of likely N-dealkylation sites (tertiary alicyclic amines) is 1. The van der Waals surface area contributed by atoms with Crippen LogP contribution in [-0.4, -0.2) is 41.7 Å². The summed E-state index contributed by atoms with van der Waals surface area (Å²) in [5, 5.41) is 14.0. The molecule has 0 spiro atoms. The van der Waals surface area contributed by atoms with Gasteiger partial charge in [0.2, 0.25) is 5.91 Å². The molecule has 0 radical (unpaired) electrons. The molecule has 4 rings (SSSR count). The molecule has 5 heteroatoms. The molecule has 3 aromatic rings. The van der Waals surface area contributed by atoms with Crippen LogP contribution in [0.5, 0.6) is 0 Å². The highest BCUT2D eigenvalue weighted by Gasteiger charge is 2.27. The number of aliphatic hydroxyl groups excluding tert-OH is 1. The maximum atomic E-state index is 13.1. The van der Waals surface area contributed by atoms with E-state index < -0.39 is 0 Å². The third kappa shape index (κ3) is 3.96. The summed E-state index contributed by atoms with van der Waals surface area (Å²) in [6, 6.07) is 17.7. The number of hydrogen-bond acceptors (Lipinski definition) is 4. The van der Waals surface area contributed by atoms with Crippen molar-refractivity contribution in [2.24, 2.45) is 0 Å². The van der Waals surface area contributed by atoms with Crippen molar-refractivity contribution in [2.45, 2.75) is 31.4 Å². The minimum Gasteiger partial charge on any atom is -0.464 e. The van der Waals surface area contributed by atoms with E-state index >= 15 is 0 Å². The fraction of sp³-hybridized carbons (Fsp3) is 0.348. The second kappa shape index (κ2) is 8.17. The number of carbonyl (C=O) groups is 1. The zero-order valence-electron chi connectivity index (χ0n) is 16.0. The Hall–Kier alpha value is -2.63. The van der Waals surface area contributed by atoms with Crippen LogP contribution < -0.4 is 5.32 Å². The second-order valence-corrected chi connectivity index (χ2v) is 7.58. The van der Waals surface area contributed by atoms with E-state index in [9.17, 15) is 9.90 Å². The Labute approximate surface area is 165 Å². The Morgan fingerprint density at radius 2 is 1.96 bits per heavy atom. The van der Waals surface area contributed by atoms with E-state index in [1.165, 1.54) is 0 Å². The fourth-order valence-corrected chi connectivity index (χ4v) is 3.93. The van der Waals surface area contributed by atoms with Crippen molar-refractivity contribution < 1.29 is 14.3 Å². The Balaban J connectivity index is 1.53. The van der Waals surface area contributed by atoms with Crippen molar-refractivity contribution in [2.75, 3.05) is 19.6 Å². The van der Waals surface area contributed by atoms with Gasteiger partial charge < -0.3 is 14.8 Å². The van der Waals surface area contributed by atoms with Gasteiger partial charge in [0.15, 0.2) is 0 Å². The van der Waals surface area contributed by atoms with Crippen molar-refractivity contribution in [3.63, 3.8) is 0 Å². The Bertz CT molecular complexity index is 937. The van der Waals surface area contributed by atoms with Crippen LogP contribution in [0.2, 0.25) is 0 Å². The second-order valence-electron chi connectivity index (χ2n) is 7.58. The lowest BCUT2D eigenvalue weighted by atomic mass is 9.98. The molecule has 2 N–H and O–H groups in total. The summed E-state index contributed by atoms with van der Waals surface area (Å²) >= 11 is 0. The number of nitrogens with one attached hydrogen (secondary N) is 1. The molecule has 28 heavy (non-hydrogen) atoms. The van der Waals surface area contributed by atoms with E-state index in [1.54, 1.807) is 6.26 Å². The molecule has 0 bridgehead atoms. The van der Waals surface area contributed by atoms with Gasteiger partial charge in [0.05, 0.1) is 24.3 Å². The molecule has 3 atom stereocenters. The number of furan rings is 1. The number of carbonyl (C=O) groups excluding carboxylic acids is 1. The van der Waals surface area contributed by atoms with Crippen LogP contribution in [0, 0.1) is 0 Å². The number of rotatable bonds is 6. The predicted molar refractivity (Wildman–Crippen MR) is 109 cm³/mol. The van der Waals surface area contributed by atoms with Crippen LogP contribution in [0.4, 0.5) is 0 Å². The first kappa shape index (κ1) is 18.7. The lowest BCUT2D eigenvalue weighted by Crippen LogP contribution is -2.39. The lowest BCUT2D eigenvalue weighted by Gasteiger charge is -2.26. The Morgan fingerprint density at radius 1 is 1.21 bits per heavy atom. The zero-order chi connectivity index (χ0) is 19.5. The van der Waals surface area contributed by atoms with Gasteiger partial charge in [-0.2, -0.15) is 0 Å². The molecule has 1 aliphatic rings. The summed E-state index contributed by atoms with van der Waals surface area (Å²) in [7, 11) is 0. The minimum atomic E-state index is -0.320. The molecule has 1 fully saturated rings. The highest BCUT2D eigenvalue weighted by Crippen LogP contribution is 2.28. The number of aliphatic hydroxyl groups is 1. The predicted octanol–water partition coefficient (Wildman–Crippen LogP) is 3.46. The van der Waals surface area contributed by atoms with Crippen LogP contribution in [-0.2, 0) is 4.79 Å². The third-order valence-corrected chi connectivity index (χ3v) is 5.58. The molecule has 1 aliphatic heterocycles. The molecule has 1 aromatic heterocycles. The van der Waals surface area contributed by atoms with Crippen LogP contribution in [0.25, 0.3) is 11.0 Å². The summed E-state index contributed by atoms with van der Waals surface area (Å²) < 4.78 is 5.61. The van der Waals surface area contributed by atoms with E-state index in [2.05, 4.69) is 10.2 Å². The molecule has 1 saturated heterocycles. The lowest BCUT2D eigenvalue weighted by molar-refractivity contribution is -0.123. The topological polar surface area (TPSA) is 65.7 Å². The van der Waals surface area contributed by atoms with Gasteiger partial charge in [-0.15, -0.1) is 0 Å². The number of fused-ring (bicyclic) bond motifs is 1. The molecule has 0 saturated carbocycles. The average molecular weight is 378 g/mol. The molecular formula is C23H26N2O3. The molecule has 2 heterocycles. The third-order valence-electron chi connectivity index (χ3n) is 5.58. The smallest absolute Gasteiger partial charge is 0.227 e. The summed E-state index contributed by atoms with van der Waals surface area (Å²) in [4.78, 5) is 15.3. The minimum absolute atomic E-state index is 0.0276. The van der Waals surface area contributed by atoms with E-state index in [-0.39, 0.29) is 24.0 Å². The van der Waals surface area contributed by atoms with Crippen LogP contribution in [0.1, 0.15) is 36.4 Å². The van der Waals surface area contributed by atoms with Crippen molar-refractivity contribution in [1.29, 1.82) is 0 Å². The number of β-amino-alcohol motifs (C(OH)–C–C–N with tert-alkyl or cyclic N) is 1. The molecule has 0 aliphatic carbocycles. The van der Waals surface area contributed by atoms with Gasteiger partial charge in [0.25, 0.3) is 0 Å². The normalized spacial score (nSPS) is 19.6. The zero-order valence-corrected chi connectivity index (χ0v) is 16.0. The SMILES string of the molecule is CC(C(=O)NC(CN1CCC(O)C1)c1ccccc1)c1coc2ccccc12. The first-order valence-corrected chi connectivity index (χ1v) is 9.83. The van der Waals surface area contributed by atoms with Gasteiger partial charge in [-0.05, 0) is 25.0 Å². The fourth-order valence-electron chi connectivity index (χ4n) is 3.93. The van der Waals surface area contributed by atoms with Crippen molar-refractivity contribution >= 4 is 16.9 Å². The first-order valence-electron chi connectivity index (χ1n) is 9.83. The van der Waals surface area contributed by atoms with Crippen molar-refractivity contribution in [3.8, 4) is 0 Å². The van der Waals surface area contributed by atoms with E-state index in [1.807, 2.05) is 61.5 Å². The van der Waals surface area contributed by atoms with Gasteiger partial charge in [-0.3, -0.25) is 9.69 Å². The first-order chi connectivity index (χ1) is 13.6. The van der Waals surface area contributed by atoms with Crippen LogP contribution in [0.15, 0.2) is 65.3 Å². The standard InChI is InChI=1S/C23H26N2O3/c1-16(20-15-28-22-10-6-5-9-19(20)22)23(27)24-21(17-7-3-2-4-8-17)14-25-12-11-18(26)13-25/h2-10,15-16,18,21,26H,11-14H2,1H3,(H,24,27).